The lowest BCUT2D eigenvalue weighted by Crippen LogP contribution is -2.25. The zero-order valence-corrected chi connectivity index (χ0v) is 17.4. The fourth-order valence-electron chi connectivity index (χ4n) is 2.60. The summed E-state index contributed by atoms with van der Waals surface area (Å²) in [7, 11) is 1.64. The Morgan fingerprint density at radius 1 is 1.41 bits per heavy atom. The molecule has 1 aromatic heterocycles. The highest BCUT2D eigenvalue weighted by atomic mass is 35.5. The molecule has 2 aromatic rings. The molecule has 3 N–H and O–H groups in total. The number of nitrogen functional groups attached to an aromatic ring is 1. The van der Waals surface area contributed by atoms with E-state index < -0.39 is 0 Å². The van der Waals surface area contributed by atoms with Crippen molar-refractivity contribution in [1.82, 2.24) is 10.3 Å². The second-order valence-corrected chi connectivity index (χ2v) is 8.67. The van der Waals surface area contributed by atoms with Crippen LogP contribution in [0.4, 0.5) is 5.82 Å². The van der Waals surface area contributed by atoms with Gasteiger partial charge in [0.05, 0.1) is 12.8 Å². The van der Waals surface area contributed by atoms with Crippen LogP contribution in [0.25, 0.3) is 0 Å². The first-order valence-electron chi connectivity index (χ1n) is 8.37. The van der Waals surface area contributed by atoms with Crippen LogP contribution in [-0.4, -0.2) is 18.0 Å². The molecule has 0 saturated carbocycles. The number of ether oxygens (including phenoxy) is 1. The van der Waals surface area contributed by atoms with Crippen molar-refractivity contribution < 1.29 is 9.53 Å². The summed E-state index contributed by atoms with van der Waals surface area (Å²) in [5, 5.41) is 3.55. The fraction of sp³-hybridized carbons (Fsp3) is 0.263. The van der Waals surface area contributed by atoms with Gasteiger partial charge in [0.2, 0.25) is 0 Å². The van der Waals surface area contributed by atoms with E-state index in [1.54, 1.807) is 18.9 Å². The molecule has 8 heteroatoms. The van der Waals surface area contributed by atoms with E-state index in [0.29, 0.717) is 15.6 Å². The van der Waals surface area contributed by atoms with Crippen molar-refractivity contribution in [1.29, 1.82) is 0 Å². The summed E-state index contributed by atoms with van der Waals surface area (Å²) in [5.74, 6) is 1.52. The lowest BCUT2D eigenvalue weighted by atomic mass is 10.0. The minimum absolute atomic E-state index is 0.240. The van der Waals surface area contributed by atoms with Crippen LogP contribution < -0.4 is 15.8 Å². The van der Waals surface area contributed by atoms with Gasteiger partial charge in [0, 0.05) is 10.8 Å². The van der Waals surface area contributed by atoms with Gasteiger partial charge in [0.15, 0.2) is 4.34 Å². The van der Waals surface area contributed by atoms with Gasteiger partial charge in [-0.1, -0.05) is 41.6 Å². The number of thioether (sulfide) groups is 1. The summed E-state index contributed by atoms with van der Waals surface area (Å²) < 4.78 is 5.91. The summed E-state index contributed by atoms with van der Waals surface area (Å²) in [6.45, 7) is 1.93. The number of methoxy groups -OCH3 is 1. The Labute approximate surface area is 171 Å². The highest BCUT2D eigenvalue weighted by molar-refractivity contribution is 8.00. The summed E-state index contributed by atoms with van der Waals surface area (Å²) in [6.07, 6.45) is 3.68. The Balaban J connectivity index is 1.66. The molecular formula is C19H20ClN3O2S2. The Bertz CT molecular complexity index is 904. The number of carbonyl (C=O) groups excluding carboxylic acids is 1. The molecule has 0 radical (unpaired) electrons. The highest BCUT2D eigenvalue weighted by Gasteiger charge is 2.20. The molecule has 1 aromatic carbocycles. The van der Waals surface area contributed by atoms with Gasteiger partial charge in [-0.15, -0.1) is 11.3 Å². The number of nitrogens with one attached hydrogen (secondary N) is 1. The molecule has 0 atom stereocenters. The average molecular weight is 422 g/mol. The lowest BCUT2D eigenvalue weighted by Gasteiger charge is -2.16. The van der Waals surface area contributed by atoms with Crippen LogP contribution in [0, 0.1) is 0 Å². The zero-order valence-electron chi connectivity index (χ0n) is 15.0. The van der Waals surface area contributed by atoms with Crippen LogP contribution in [-0.2, 0) is 5.75 Å². The van der Waals surface area contributed by atoms with Crippen LogP contribution >= 0.6 is 34.7 Å². The van der Waals surface area contributed by atoms with E-state index in [4.69, 9.17) is 22.1 Å². The highest BCUT2D eigenvalue weighted by Crippen LogP contribution is 2.32. The number of anilines is 1. The predicted molar refractivity (Wildman–Crippen MR) is 112 cm³/mol. The van der Waals surface area contributed by atoms with Crippen molar-refractivity contribution in [3.63, 3.8) is 0 Å². The van der Waals surface area contributed by atoms with E-state index in [9.17, 15) is 4.79 Å². The predicted octanol–water partition coefficient (Wildman–Crippen LogP) is 4.95. The Hall–Kier alpha value is -1.96. The smallest absolute Gasteiger partial charge is 0.269 e. The molecule has 1 aliphatic rings. The number of benzene rings is 1. The minimum Gasteiger partial charge on any atom is -0.497 e. The van der Waals surface area contributed by atoms with Crippen LogP contribution in [0.3, 0.4) is 0 Å². The van der Waals surface area contributed by atoms with E-state index in [1.165, 1.54) is 11.3 Å². The molecule has 0 aliphatic heterocycles. The van der Waals surface area contributed by atoms with Crippen molar-refractivity contribution in [2.75, 3.05) is 12.8 Å². The number of hydrogen-bond donors (Lipinski definition) is 2. The first-order chi connectivity index (χ1) is 13.0. The number of thiazole rings is 1. The third-order valence-electron chi connectivity index (χ3n) is 4.08. The van der Waals surface area contributed by atoms with Crippen molar-refractivity contribution in [2.45, 2.75) is 29.9 Å². The van der Waals surface area contributed by atoms with Gasteiger partial charge in [-0.3, -0.25) is 4.79 Å². The van der Waals surface area contributed by atoms with E-state index in [-0.39, 0.29) is 11.7 Å². The number of amides is 1. The normalized spacial score (nSPS) is 14.1. The molecule has 142 valence electrons. The molecule has 0 bridgehead atoms. The topological polar surface area (TPSA) is 77.2 Å². The number of aromatic nitrogens is 1. The second-order valence-electron chi connectivity index (χ2n) is 5.99. The van der Waals surface area contributed by atoms with E-state index in [2.05, 4.69) is 16.4 Å². The molecule has 1 amide bonds. The Morgan fingerprint density at radius 3 is 2.81 bits per heavy atom. The van der Waals surface area contributed by atoms with Gasteiger partial charge in [0.25, 0.3) is 5.91 Å². The van der Waals surface area contributed by atoms with Crippen LogP contribution in [0.2, 0.25) is 0 Å². The second kappa shape index (κ2) is 8.82. The van der Waals surface area contributed by atoms with Crippen molar-refractivity contribution >= 4 is 46.4 Å². The van der Waals surface area contributed by atoms with Crippen LogP contribution in [0.5, 0.6) is 5.75 Å². The average Bonchev–Trinajstić information content (AvgIpc) is 3.04. The van der Waals surface area contributed by atoms with Gasteiger partial charge in [-0.05, 0) is 43.0 Å². The van der Waals surface area contributed by atoms with Gasteiger partial charge >= 0.3 is 0 Å². The first kappa shape index (κ1) is 19.8. The third kappa shape index (κ3) is 4.86. The summed E-state index contributed by atoms with van der Waals surface area (Å²) >= 11 is 9.09. The Kier molecular flexibility index (Phi) is 6.46. The van der Waals surface area contributed by atoms with E-state index in [1.807, 2.05) is 31.2 Å². The number of rotatable bonds is 6. The molecule has 5 nitrogen and oxygen atoms in total. The number of hydrogen-bond acceptors (Lipinski definition) is 6. The minimum atomic E-state index is -0.274. The van der Waals surface area contributed by atoms with Crippen molar-refractivity contribution in [3.05, 3.63) is 57.1 Å². The van der Waals surface area contributed by atoms with Crippen LogP contribution in [0.15, 0.2) is 51.0 Å². The number of allylic oxidation sites excluding steroid dienone is 3. The van der Waals surface area contributed by atoms with Crippen LogP contribution in [0.1, 0.15) is 35.0 Å². The van der Waals surface area contributed by atoms with Gasteiger partial charge < -0.3 is 15.8 Å². The molecule has 1 heterocycles. The summed E-state index contributed by atoms with van der Waals surface area (Å²) in [4.78, 5) is 17.3. The maximum Gasteiger partial charge on any atom is 0.269 e. The fourth-order valence-corrected chi connectivity index (χ4v) is 4.82. The number of nitrogens with two attached hydrogens (primary N) is 1. The van der Waals surface area contributed by atoms with E-state index >= 15 is 0 Å². The molecule has 0 fully saturated rings. The molecule has 3 rings (SSSR count). The molecule has 1 aliphatic carbocycles. The molecule has 27 heavy (non-hydrogen) atoms. The SMILES string of the molecule is COc1ccc(CSc2nc(N)c(C(=O)NC3=C(Cl)CCC=C3C)s2)cc1. The quantitative estimate of drug-likeness (QED) is 0.645. The molecule has 0 spiro atoms. The molecule has 0 saturated heterocycles. The zero-order chi connectivity index (χ0) is 19.4. The van der Waals surface area contributed by atoms with Crippen molar-refractivity contribution in [3.8, 4) is 5.75 Å². The molecule has 0 unspecified atom stereocenters. The summed E-state index contributed by atoms with van der Waals surface area (Å²) in [6, 6.07) is 7.84. The van der Waals surface area contributed by atoms with Gasteiger partial charge in [-0.2, -0.15) is 0 Å². The van der Waals surface area contributed by atoms with Crippen molar-refractivity contribution in [2.24, 2.45) is 0 Å². The van der Waals surface area contributed by atoms with E-state index in [0.717, 1.165) is 39.8 Å². The standard InChI is InChI=1S/C19H20ClN3O2S2/c1-11-4-3-5-14(20)15(11)22-18(24)16-17(21)23-19(27-16)26-10-12-6-8-13(25-2)9-7-12/h4,6-9H,3,5,10,21H2,1-2H3,(H,22,24). The maximum absolute atomic E-state index is 12.6. The number of nitrogens with zero attached hydrogens (tertiary/aromatic N) is 1. The maximum atomic E-state index is 12.6. The summed E-state index contributed by atoms with van der Waals surface area (Å²) in [5.41, 5.74) is 8.75. The number of carbonyl (C=O) groups is 1. The van der Waals surface area contributed by atoms with Gasteiger partial charge in [0.1, 0.15) is 16.4 Å². The largest absolute Gasteiger partial charge is 0.497 e. The molecular weight excluding hydrogens is 402 g/mol. The monoisotopic (exact) mass is 421 g/mol. The third-order valence-corrected chi connectivity index (χ3v) is 6.74. The lowest BCUT2D eigenvalue weighted by molar-refractivity contribution is 0.0971. The Morgan fingerprint density at radius 2 is 2.15 bits per heavy atom. The van der Waals surface area contributed by atoms with Gasteiger partial charge in [-0.25, -0.2) is 4.98 Å². The number of halogens is 1. The first-order valence-corrected chi connectivity index (χ1v) is 10.5.